The van der Waals surface area contributed by atoms with Crippen LogP contribution in [-0.4, -0.2) is 58.0 Å². The maximum Gasteiger partial charge on any atom is 0.261 e. The third-order valence-electron chi connectivity index (χ3n) is 6.90. The molecule has 8 nitrogen and oxygen atoms in total. The van der Waals surface area contributed by atoms with E-state index in [2.05, 4.69) is 10.3 Å². The van der Waals surface area contributed by atoms with E-state index in [4.69, 9.17) is 0 Å². The fraction of sp³-hybridized carbons (Fsp3) is 0.276. The molecule has 188 valence electrons. The summed E-state index contributed by atoms with van der Waals surface area (Å²) in [6.45, 7) is 2.94. The van der Waals surface area contributed by atoms with E-state index in [-0.39, 0.29) is 48.2 Å². The maximum absolute atomic E-state index is 13.3. The predicted octanol–water partition coefficient (Wildman–Crippen LogP) is 3.72. The van der Waals surface area contributed by atoms with Gasteiger partial charge in [-0.1, -0.05) is 36.4 Å². The SMILES string of the molecule is Cc1cccc(NC(=O)C2CCCN(C(=O)c3ccc4c(c3)C(=O)N(CCc3ccccc3)C4=O)C2)n1. The fourth-order valence-corrected chi connectivity index (χ4v) is 4.91. The number of anilines is 1. The van der Waals surface area contributed by atoms with E-state index in [9.17, 15) is 19.2 Å². The van der Waals surface area contributed by atoms with Gasteiger partial charge in [0, 0.05) is 30.9 Å². The highest BCUT2D eigenvalue weighted by atomic mass is 16.2. The molecule has 0 spiro atoms. The molecule has 0 radical (unpaired) electrons. The van der Waals surface area contributed by atoms with Crippen molar-refractivity contribution in [2.45, 2.75) is 26.2 Å². The van der Waals surface area contributed by atoms with Crippen molar-refractivity contribution in [3.8, 4) is 0 Å². The highest BCUT2D eigenvalue weighted by Crippen LogP contribution is 2.26. The largest absolute Gasteiger partial charge is 0.338 e. The molecule has 1 saturated heterocycles. The molecule has 2 aliphatic heterocycles. The van der Waals surface area contributed by atoms with Crippen LogP contribution in [0.15, 0.2) is 66.7 Å². The quantitative estimate of drug-likeness (QED) is 0.525. The van der Waals surface area contributed by atoms with Gasteiger partial charge < -0.3 is 10.2 Å². The molecular formula is C29H28N4O4. The molecule has 5 rings (SSSR count). The second kappa shape index (κ2) is 10.3. The van der Waals surface area contributed by atoms with Gasteiger partial charge in [0.05, 0.1) is 17.0 Å². The van der Waals surface area contributed by atoms with Crippen LogP contribution in [0.2, 0.25) is 0 Å². The van der Waals surface area contributed by atoms with Crippen molar-refractivity contribution in [1.82, 2.24) is 14.8 Å². The second-order valence-electron chi connectivity index (χ2n) is 9.50. The minimum absolute atomic E-state index is 0.167. The zero-order valence-corrected chi connectivity index (χ0v) is 20.6. The first-order valence-electron chi connectivity index (χ1n) is 12.5. The van der Waals surface area contributed by atoms with Crippen molar-refractivity contribution >= 4 is 29.4 Å². The van der Waals surface area contributed by atoms with E-state index in [1.165, 1.54) is 11.0 Å². The second-order valence-corrected chi connectivity index (χ2v) is 9.50. The summed E-state index contributed by atoms with van der Waals surface area (Å²) in [4.78, 5) is 59.3. The number of aromatic nitrogens is 1. The number of nitrogens with zero attached hydrogens (tertiary/aromatic N) is 3. The molecule has 0 saturated carbocycles. The summed E-state index contributed by atoms with van der Waals surface area (Å²) in [5, 5.41) is 2.85. The van der Waals surface area contributed by atoms with Crippen LogP contribution in [0.25, 0.3) is 0 Å². The number of fused-ring (bicyclic) bond motifs is 1. The number of likely N-dealkylation sites (tertiary alicyclic amines) is 1. The average Bonchev–Trinajstić information content (AvgIpc) is 3.16. The van der Waals surface area contributed by atoms with Crippen LogP contribution < -0.4 is 5.32 Å². The number of amides is 4. The van der Waals surface area contributed by atoms with E-state index < -0.39 is 0 Å². The van der Waals surface area contributed by atoms with Crippen molar-refractivity contribution in [2.24, 2.45) is 5.92 Å². The van der Waals surface area contributed by atoms with Crippen LogP contribution in [-0.2, 0) is 11.2 Å². The Morgan fingerprint density at radius 1 is 0.973 bits per heavy atom. The molecule has 3 heterocycles. The molecule has 37 heavy (non-hydrogen) atoms. The van der Waals surface area contributed by atoms with Crippen molar-refractivity contribution in [1.29, 1.82) is 0 Å². The summed E-state index contributed by atoms with van der Waals surface area (Å²) in [6.07, 6.45) is 1.93. The number of pyridine rings is 1. The topological polar surface area (TPSA) is 99.7 Å². The monoisotopic (exact) mass is 496 g/mol. The van der Waals surface area contributed by atoms with Crippen LogP contribution >= 0.6 is 0 Å². The fourth-order valence-electron chi connectivity index (χ4n) is 4.91. The van der Waals surface area contributed by atoms with Crippen LogP contribution in [0.1, 0.15) is 55.2 Å². The molecular weight excluding hydrogens is 468 g/mol. The Hall–Kier alpha value is -4.33. The zero-order valence-electron chi connectivity index (χ0n) is 20.6. The first-order chi connectivity index (χ1) is 17.9. The van der Waals surface area contributed by atoms with Crippen LogP contribution in [0.4, 0.5) is 5.82 Å². The number of hydrogen-bond donors (Lipinski definition) is 1. The number of benzene rings is 2. The molecule has 3 aromatic rings. The number of rotatable bonds is 6. The van der Waals surface area contributed by atoms with E-state index in [1.54, 1.807) is 23.1 Å². The van der Waals surface area contributed by atoms with Gasteiger partial charge in [-0.15, -0.1) is 0 Å². The lowest BCUT2D eigenvalue weighted by molar-refractivity contribution is -0.121. The third-order valence-corrected chi connectivity index (χ3v) is 6.90. The van der Waals surface area contributed by atoms with Crippen molar-refractivity contribution < 1.29 is 19.2 Å². The van der Waals surface area contributed by atoms with Crippen molar-refractivity contribution in [2.75, 3.05) is 25.0 Å². The Kier molecular flexibility index (Phi) is 6.81. The van der Waals surface area contributed by atoms with E-state index in [0.717, 1.165) is 11.3 Å². The summed E-state index contributed by atoms with van der Waals surface area (Å²) < 4.78 is 0. The number of carbonyl (C=O) groups is 4. The molecule has 4 amide bonds. The highest BCUT2D eigenvalue weighted by molar-refractivity contribution is 6.22. The average molecular weight is 497 g/mol. The minimum Gasteiger partial charge on any atom is -0.338 e. The molecule has 1 atom stereocenters. The minimum atomic E-state index is -0.382. The molecule has 0 aliphatic carbocycles. The lowest BCUT2D eigenvalue weighted by Crippen LogP contribution is -2.43. The van der Waals surface area contributed by atoms with Crippen molar-refractivity contribution in [3.63, 3.8) is 0 Å². The number of aryl methyl sites for hydroxylation is 1. The first kappa shape index (κ1) is 24.4. The van der Waals surface area contributed by atoms with Gasteiger partial charge in [-0.3, -0.25) is 24.1 Å². The molecule has 0 bridgehead atoms. The van der Waals surface area contributed by atoms with Gasteiger partial charge in [-0.2, -0.15) is 0 Å². The standard InChI is InChI=1S/C29H28N4O4/c1-19-7-5-11-25(30-19)31-26(34)22-10-6-15-32(18-22)27(35)21-12-13-23-24(17-21)29(37)33(28(23)36)16-14-20-8-3-2-4-9-20/h2-5,7-9,11-13,17,22H,6,10,14-16,18H2,1H3,(H,30,31,34). The molecule has 1 fully saturated rings. The predicted molar refractivity (Wildman–Crippen MR) is 138 cm³/mol. The lowest BCUT2D eigenvalue weighted by atomic mass is 9.96. The summed E-state index contributed by atoms with van der Waals surface area (Å²) in [7, 11) is 0. The van der Waals surface area contributed by atoms with Crippen LogP contribution in [0.3, 0.4) is 0 Å². The Labute approximate surface area is 215 Å². The van der Waals surface area contributed by atoms with Gasteiger partial charge >= 0.3 is 0 Å². The zero-order chi connectivity index (χ0) is 25.9. The Morgan fingerprint density at radius 2 is 1.76 bits per heavy atom. The maximum atomic E-state index is 13.3. The summed E-state index contributed by atoms with van der Waals surface area (Å²) in [6, 6.07) is 19.8. The molecule has 1 N–H and O–H groups in total. The van der Waals surface area contributed by atoms with Gasteiger partial charge in [0.1, 0.15) is 5.82 Å². The van der Waals surface area contributed by atoms with Gasteiger partial charge in [0.2, 0.25) is 5.91 Å². The smallest absolute Gasteiger partial charge is 0.261 e. The Morgan fingerprint density at radius 3 is 2.54 bits per heavy atom. The van der Waals surface area contributed by atoms with Crippen molar-refractivity contribution in [3.05, 3.63) is 94.7 Å². The molecule has 1 unspecified atom stereocenters. The van der Waals surface area contributed by atoms with E-state index in [0.29, 0.717) is 42.8 Å². The first-order valence-corrected chi connectivity index (χ1v) is 12.5. The summed E-state index contributed by atoms with van der Waals surface area (Å²) >= 11 is 0. The number of piperidine rings is 1. The van der Waals surface area contributed by atoms with Crippen LogP contribution in [0, 0.1) is 12.8 Å². The van der Waals surface area contributed by atoms with Gasteiger partial charge in [-0.05, 0) is 62.1 Å². The van der Waals surface area contributed by atoms with Gasteiger partial charge in [-0.25, -0.2) is 4.98 Å². The summed E-state index contributed by atoms with van der Waals surface area (Å²) in [5.41, 5.74) is 2.75. The van der Waals surface area contributed by atoms with E-state index in [1.807, 2.05) is 49.4 Å². The summed E-state index contributed by atoms with van der Waals surface area (Å²) in [5.74, 6) is -1.00. The van der Waals surface area contributed by atoms with Crippen LogP contribution in [0.5, 0.6) is 0 Å². The normalized spacial score (nSPS) is 17.1. The lowest BCUT2D eigenvalue weighted by Gasteiger charge is -2.32. The number of nitrogens with one attached hydrogen (secondary N) is 1. The number of hydrogen-bond acceptors (Lipinski definition) is 5. The molecule has 2 aromatic carbocycles. The highest BCUT2D eigenvalue weighted by Gasteiger charge is 2.36. The third kappa shape index (κ3) is 5.14. The number of imide groups is 1. The Bertz CT molecular complexity index is 1370. The number of carbonyl (C=O) groups excluding carboxylic acids is 4. The van der Waals surface area contributed by atoms with Gasteiger partial charge in [0.15, 0.2) is 0 Å². The molecule has 8 heteroatoms. The Balaban J connectivity index is 1.25. The molecule has 1 aromatic heterocycles. The molecule has 2 aliphatic rings. The van der Waals surface area contributed by atoms with E-state index >= 15 is 0 Å². The van der Waals surface area contributed by atoms with Gasteiger partial charge in [0.25, 0.3) is 17.7 Å².